The molecule has 1 fully saturated rings. The van der Waals surface area contributed by atoms with Gasteiger partial charge in [-0.3, -0.25) is 0 Å². The topological polar surface area (TPSA) is 61.3 Å². The van der Waals surface area contributed by atoms with Crippen LogP contribution in [0.2, 0.25) is 0 Å². The van der Waals surface area contributed by atoms with Crippen molar-refractivity contribution in [2.75, 3.05) is 30.4 Å². The predicted octanol–water partition coefficient (Wildman–Crippen LogP) is 0.725. The summed E-state index contributed by atoms with van der Waals surface area (Å²) in [6.45, 7) is 3.68. The van der Waals surface area contributed by atoms with Gasteiger partial charge in [-0.25, -0.2) is 9.97 Å². The quantitative estimate of drug-likeness (QED) is 0.789. The van der Waals surface area contributed by atoms with Gasteiger partial charge in [0, 0.05) is 32.1 Å². The molecule has 0 aromatic carbocycles. The van der Waals surface area contributed by atoms with Crippen molar-refractivity contribution in [3.05, 3.63) is 12.4 Å². The SMILES string of the molecule is CNc1cc(N2CCC(C(C)O)C2)ncn1. The fourth-order valence-corrected chi connectivity index (χ4v) is 2.05. The molecule has 0 aliphatic carbocycles. The predicted molar refractivity (Wildman–Crippen MR) is 63.6 cm³/mol. The second kappa shape index (κ2) is 4.65. The summed E-state index contributed by atoms with van der Waals surface area (Å²) in [5.74, 6) is 2.11. The minimum Gasteiger partial charge on any atom is -0.393 e. The molecule has 2 unspecified atom stereocenters. The van der Waals surface area contributed by atoms with Gasteiger partial charge in [0.1, 0.15) is 18.0 Å². The molecule has 0 spiro atoms. The Hall–Kier alpha value is -1.36. The van der Waals surface area contributed by atoms with Gasteiger partial charge in [-0.1, -0.05) is 0 Å². The number of hydrogen-bond acceptors (Lipinski definition) is 5. The van der Waals surface area contributed by atoms with Crippen LogP contribution in [0.1, 0.15) is 13.3 Å². The van der Waals surface area contributed by atoms with Crippen LogP contribution in [-0.2, 0) is 0 Å². The zero-order chi connectivity index (χ0) is 11.5. The van der Waals surface area contributed by atoms with Crippen LogP contribution < -0.4 is 10.2 Å². The molecule has 0 radical (unpaired) electrons. The van der Waals surface area contributed by atoms with E-state index in [4.69, 9.17) is 0 Å². The summed E-state index contributed by atoms with van der Waals surface area (Å²) in [7, 11) is 1.84. The highest BCUT2D eigenvalue weighted by Gasteiger charge is 2.26. The molecular formula is C11H18N4O. The molecule has 1 aromatic rings. The molecule has 0 saturated carbocycles. The summed E-state index contributed by atoms with van der Waals surface area (Å²) in [4.78, 5) is 10.5. The van der Waals surface area contributed by atoms with Gasteiger partial charge in [0.2, 0.25) is 0 Å². The Morgan fingerprint density at radius 2 is 2.38 bits per heavy atom. The largest absolute Gasteiger partial charge is 0.393 e. The van der Waals surface area contributed by atoms with Gasteiger partial charge in [-0.15, -0.1) is 0 Å². The maximum Gasteiger partial charge on any atom is 0.134 e. The first-order valence-corrected chi connectivity index (χ1v) is 5.63. The fraction of sp³-hybridized carbons (Fsp3) is 0.636. The highest BCUT2D eigenvalue weighted by Crippen LogP contribution is 2.24. The van der Waals surface area contributed by atoms with Crippen molar-refractivity contribution in [1.29, 1.82) is 0 Å². The third-order valence-electron chi connectivity index (χ3n) is 3.14. The molecule has 5 heteroatoms. The maximum absolute atomic E-state index is 9.55. The van der Waals surface area contributed by atoms with Gasteiger partial charge in [-0.05, 0) is 13.3 Å². The monoisotopic (exact) mass is 222 g/mol. The molecule has 88 valence electrons. The number of aromatic nitrogens is 2. The molecule has 16 heavy (non-hydrogen) atoms. The lowest BCUT2D eigenvalue weighted by Crippen LogP contribution is -2.24. The molecule has 2 rings (SSSR count). The van der Waals surface area contributed by atoms with E-state index in [0.717, 1.165) is 31.1 Å². The number of rotatable bonds is 3. The van der Waals surface area contributed by atoms with Crippen LogP contribution in [0.5, 0.6) is 0 Å². The van der Waals surface area contributed by atoms with Crippen LogP contribution in [-0.4, -0.2) is 41.3 Å². The van der Waals surface area contributed by atoms with Gasteiger partial charge < -0.3 is 15.3 Å². The summed E-state index contributed by atoms with van der Waals surface area (Å²) in [6.07, 6.45) is 2.35. The van der Waals surface area contributed by atoms with E-state index in [1.54, 1.807) is 6.33 Å². The first-order valence-electron chi connectivity index (χ1n) is 5.63. The molecule has 0 bridgehead atoms. The molecule has 5 nitrogen and oxygen atoms in total. The Morgan fingerprint density at radius 1 is 1.56 bits per heavy atom. The van der Waals surface area contributed by atoms with Crippen molar-refractivity contribution in [1.82, 2.24) is 9.97 Å². The van der Waals surface area contributed by atoms with E-state index >= 15 is 0 Å². The zero-order valence-electron chi connectivity index (χ0n) is 9.72. The Kier molecular flexibility index (Phi) is 3.24. The second-order valence-electron chi connectivity index (χ2n) is 4.25. The maximum atomic E-state index is 9.55. The second-order valence-corrected chi connectivity index (χ2v) is 4.25. The van der Waals surface area contributed by atoms with Crippen LogP contribution in [0.3, 0.4) is 0 Å². The molecule has 1 aliphatic heterocycles. The Morgan fingerprint density at radius 3 is 3.00 bits per heavy atom. The smallest absolute Gasteiger partial charge is 0.134 e. The summed E-state index contributed by atoms with van der Waals surface area (Å²) in [5, 5.41) is 12.5. The minimum absolute atomic E-state index is 0.240. The summed E-state index contributed by atoms with van der Waals surface area (Å²) < 4.78 is 0. The van der Waals surface area contributed by atoms with E-state index in [1.165, 1.54) is 0 Å². The lowest BCUT2D eigenvalue weighted by Gasteiger charge is -2.18. The van der Waals surface area contributed by atoms with Gasteiger partial charge in [0.15, 0.2) is 0 Å². The van der Waals surface area contributed by atoms with Crippen LogP contribution in [0.25, 0.3) is 0 Å². The molecule has 0 amide bonds. The third kappa shape index (κ3) is 2.24. The Bertz CT molecular complexity index is 356. The Balaban J connectivity index is 2.08. The first-order chi connectivity index (χ1) is 7.70. The van der Waals surface area contributed by atoms with Gasteiger partial charge in [-0.2, -0.15) is 0 Å². The zero-order valence-corrected chi connectivity index (χ0v) is 9.72. The third-order valence-corrected chi connectivity index (χ3v) is 3.14. The standard InChI is InChI=1S/C11H18N4O/c1-8(16)9-3-4-15(6-9)11-5-10(12-2)13-7-14-11/h5,7-9,16H,3-4,6H2,1-2H3,(H,12,13,14). The van der Waals surface area contributed by atoms with E-state index in [9.17, 15) is 5.11 Å². The molecule has 2 N–H and O–H groups in total. The van der Waals surface area contributed by atoms with Crippen molar-refractivity contribution in [2.45, 2.75) is 19.4 Å². The average Bonchev–Trinajstić information content (AvgIpc) is 2.78. The number of nitrogens with zero attached hydrogens (tertiary/aromatic N) is 3. The number of aliphatic hydroxyl groups excluding tert-OH is 1. The van der Waals surface area contributed by atoms with E-state index < -0.39 is 0 Å². The van der Waals surface area contributed by atoms with Crippen LogP contribution >= 0.6 is 0 Å². The molecular weight excluding hydrogens is 204 g/mol. The molecule has 1 saturated heterocycles. The van der Waals surface area contributed by atoms with Crippen molar-refractivity contribution in [3.8, 4) is 0 Å². The lowest BCUT2D eigenvalue weighted by molar-refractivity contribution is 0.136. The molecule has 2 atom stereocenters. The van der Waals surface area contributed by atoms with E-state index in [0.29, 0.717) is 5.92 Å². The van der Waals surface area contributed by atoms with Gasteiger partial charge >= 0.3 is 0 Å². The van der Waals surface area contributed by atoms with Crippen LogP contribution in [0, 0.1) is 5.92 Å². The Labute approximate surface area is 95.5 Å². The molecule has 1 aromatic heterocycles. The number of aliphatic hydroxyl groups is 1. The van der Waals surface area contributed by atoms with E-state index in [2.05, 4.69) is 20.2 Å². The van der Waals surface area contributed by atoms with Gasteiger partial charge in [0.05, 0.1) is 6.10 Å². The lowest BCUT2D eigenvalue weighted by atomic mass is 10.0. The van der Waals surface area contributed by atoms with Gasteiger partial charge in [0.25, 0.3) is 0 Å². The van der Waals surface area contributed by atoms with Crippen molar-refractivity contribution in [3.63, 3.8) is 0 Å². The van der Waals surface area contributed by atoms with Crippen molar-refractivity contribution in [2.24, 2.45) is 5.92 Å². The van der Waals surface area contributed by atoms with E-state index in [-0.39, 0.29) is 6.10 Å². The van der Waals surface area contributed by atoms with Crippen molar-refractivity contribution < 1.29 is 5.11 Å². The number of nitrogens with one attached hydrogen (secondary N) is 1. The summed E-state index contributed by atoms with van der Waals surface area (Å²) in [5.41, 5.74) is 0. The first kappa shape index (κ1) is 11.1. The average molecular weight is 222 g/mol. The van der Waals surface area contributed by atoms with Crippen molar-refractivity contribution >= 4 is 11.6 Å². The summed E-state index contributed by atoms with van der Waals surface area (Å²) in [6, 6.07) is 1.93. The normalized spacial score (nSPS) is 22.2. The highest BCUT2D eigenvalue weighted by molar-refractivity contribution is 5.48. The highest BCUT2D eigenvalue weighted by atomic mass is 16.3. The molecule has 1 aliphatic rings. The van der Waals surface area contributed by atoms with E-state index in [1.807, 2.05) is 20.0 Å². The number of hydrogen-bond donors (Lipinski definition) is 2. The van der Waals surface area contributed by atoms with Crippen LogP contribution in [0.15, 0.2) is 12.4 Å². The fourth-order valence-electron chi connectivity index (χ4n) is 2.05. The van der Waals surface area contributed by atoms with Crippen LogP contribution in [0.4, 0.5) is 11.6 Å². The molecule has 2 heterocycles. The minimum atomic E-state index is -0.240. The number of anilines is 2. The summed E-state index contributed by atoms with van der Waals surface area (Å²) >= 11 is 0.